The number of halogens is 3. The maximum absolute atomic E-state index is 13.6. The Morgan fingerprint density at radius 1 is 1.33 bits per heavy atom. The fraction of sp³-hybridized carbons (Fsp3) is 0.412. The fourth-order valence-corrected chi connectivity index (χ4v) is 3.47. The van der Waals surface area contributed by atoms with E-state index >= 15 is 0 Å². The summed E-state index contributed by atoms with van der Waals surface area (Å²) in [5, 5.41) is 18.8. The standard InChI is InChI=1S/C17H15F3N4O2S/c18-17(19,20)15(26-10-12(25)13-5-4-8-27-13)11(9-21)16-23-22-14-6-2-1-3-7-24(14)16/h4-5,8H,1-3,6-7,10H2. The average molecular weight is 396 g/mol. The molecule has 3 heterocycles. The third kappa shape index (κ3) is 4.19. The number of thiophene rings is 1. The molecule has 1 aliphatic heterocycles. The quantitative estimate of drug-likeness (QED) is 0.437. The van der Waals surface area contributed by atoms with E-state index in [1.165, 1.54) is 10.6 Å². The zero-order valence-electron chi connectivity index (χ0n) is 14.1. The number of carbonyl (C=O) groups excluding carboxylic acids is 1. The number of ether oxygens (including phenoxy) is 1. The maximum Gasteiger partial charge on any atom is 0.450 e. The molecule has 1 aliphatic rings. The van der Waals surface area contributed by atoms with E-state index in [1.54, 1.807) is 17.5 Å². The molecule has 0 bridgehead atoms. The number of Topliss-reactive ketones (excluding diaryl/α,β-unsaturated/α-hetero) is 1. The highest BCUT2D eigenvalue weighted by Gasteiger charge is 2.41. The Kier molecular flexibility index (Phi) is 5.60. The number of rotatable bonds is 5. The lowest BCUT2D eigenvalue weighted by Gasteiger charge is -2.15. The van der Waals surface area contributed by atoms with Crippen LogP contribution in [0.3, 0.4) is 0 Å². The Bertz CT molecular complexity index is 894. The molecule has 0 unspecified atom stereocenters. The molecule has 2 aromatic heterocycles. The molecule has 0 radical (unpaired) electrons. The van der Waals surface area contributed by atoms with Gasteiger partial charge in [0.1, 0.15) is 17.5 Å². The molecule has 2 aromatic rings. The lowest BCUT2D eigenvalue weighted by molar-refractivity contribution is -0.127. The van der Waals surface area contributed by atoms with E-state index in [0.29, 0.717) is 18.8 Å². The number of carbonyl (C=O) groups is 1. The summed E-state index contributed by atoms with van der Waals surface area (Å²) in [5.74, 6) is -1.74. The van der Waals surface area contributed by atoms with Crippen LogP contribution in [0.25, 0.3) is 5.57 Å². The number of hydrogen-bond donors (Lipinski definition) is 0. The summed E-state index contributed by atoms with van der Waals surface area (Å²) in [7, 11) is 0. The molecule has 0 fully saturated rings. The van der Waals surface area contributed by atoms with E-state index in [4.69, 9.17) is 4.74 Å². The fourth-order valence-electron chi connectivity index (χ4n) is 2.81. The van der Waals surface area contributed by atoms with E-state index < -0.39 is 29.9 Å². The number of ketones is 1. The summed E-state index contributed by atoms with van der Waals surface area (Å²) in [6.45, 7) is -0.385. The number of fused-ring (bicyclic) bond motifs is 1. The van der Waals surface area contributed by atoms with E-state index in [0.717, 1.165) is 30.6 Å². The molecule has 0 N–H and O–H groups in total. The number of aryl methyl sites for hydroxylation is 1. The van der Waals surface area contributed by atoms with Crippen molar-refractivity contribution in [3.05, 3.63) is 39.8 Å². The molecule has 0 aliphatic carbocycles. The van der Waals surface area contributed by atoms with Crippen LogP contribution in [0, 0.1) is 11.3 Å². The molecular weight excluding hydrogens is 381 g/mol. The predicted molar refractivity (Wildman–Crippen MR) is 90.8 cm³/mol. The maximum atomic E-state index is 13.6. The van der Waals surface area contributed by atoms with Crippen LogP contribution in [0.15, 0.2) is 23.3 Å². The van der Waals surface area contributed by atoms with Crippen molar-refractivity contribution in [2.24, 2.45) is 0 Å². The highest BCUT2D eigenvalue weighted by molar-refractivity contribution is 7.12. The van der Waals surface area contributed by atoms with Crippen LogP contribution in [-0.4, -0.2) is 33.3 Å². The minimum atomic E-state index is -4.95. The van der Waals surface area contributed by atoms with Gasteiger partial charge in [0.2, 0.25) is 11.5 Å². The monoisotopic (exact) mass is 396 g/mol. The molecule has 10 heteroatoms. The second-order valence-corrected chi connectivity index (χ2v) is 6.85. The lowest BCUT2D eigenvalue weighted by Crippen LogP contribution is -2.21. The van der Waals surface area contributed by atoms with Crippen molar-refractivity contribution in [2.75, 3.05) is 6.61 Å². The van der Waals surface area contributed by atoms with Gasteiger partial charge < -0.3 is 9.30 Å². The first-order chi connectivity index (χ1) is 12.9. The topological polar surface area (TPSA) is 80.8 Å². The number of nitriles is 1. The molecular formula is C17H15F3N4O2S. The van der Waals surface area contributed by atoms with Gasteiger partial charge in [-0.25, -0.2) is 0 Å². The molecule has 3 rings (SSSR count). The summed E-state index contributed by atoms with van der Waals surface area (Å²) in [6.07, 6.45) is -1.81. The molecule has 0 saturated heterocycles. The molecule has 0 saturated carbocycles. The van der Waals surface area contributed by atoms with Crippen LogP contribution in [-0.2, 0) is 17.7 Å². The molecule has 0 spiro atoms. The molecule has 6 nitrogen and oxygen atoms in total. The Balaban J connectivity index is 1.96. The van der Waals surface area contributed by atoms with E-state index in [1.807, 2.05) is 0 Å². The third-order valence-electron chi connectivity index (χ3n) is 4.07. The SMILES string of the molecule is N#CC(=C(OCC(=O)c1cccs1)C(F)(F)F)c1nnc2n1CCCCC2. The molecule has 142 valence electrons. The molecule has 0 amide bonds. The van der Waals surface area contributed by atoms with Crippen LogP contribution in [0.4, 0.5) is 13.2 Å². The van der Waals surface area contributed by atoms with Crippen molar-refractivity contribution in [3.8, 4) is 6.07 Å². The van der Waals surface area contributed by atoms with E-state index in [9.17, 15) is 23.2 Å². The third-order valence-corrected chi connectivity index (χ3v) is 4.98. The van der Waals surface area contributed by atoms with Gasteiger partial charge in [0.15, 0.2) is 12.4 Å². The minimum absolute atomic E-state index is 0.176. The Labute approximate surface area is 156 Å². The zero-order chi connectivity index (χ0) is 19.4. The number of allylic oxidation sites excluding steroid dienone is 2. The van der Waals surface area contributed by atoms with Crippen LogP contribution in [0.5, 0.6) is 0 Å². The first kappa shape index (κ1) is 19.1. The normalized spacial score (nSPS) is 15.3. The van der Waals surface area contributed by atoms with Crippen molar-refractivity contribution < 1.29 is 22.7 Å². The van der Waals surface area contributed by atoms with Gasteiger partial charge in [-0.15, -0.1) is 21.5 Å². The second-order valence-electron chi connectivity index (χ2n) is 5.90. The average Bonchev–Trinajstić information content (AvgIpc) is 3.23. The smallest absolute Gasteiger partial charge is 0.450 e. The molecule has 27 heavy (non-hydrogen) atoms. The predicted octanol–water partition coefficient (Wildman–Crippen LogP) is 3.76. The highest BCUT2D eigenvalue weighted by atomic mass is 32.1. The zero-order valence-corrected chi connectivity index (χ0v) is 14.9. The van der Waals surface area contributed by atoms with Crippen LogP contribution in [0.2, 0.25) is 0 Å². The van der Waals surface area contributed by atoms with Gasteiger partial charge in [-0.2, -0.15) is 18.4 Å². The Morgan fingerprint density at radius 3 is 2.81 bits per heavy atom. The Hall–Kier alpha value is -2.67. The number of alkyl halides is 3. The van der Waals surface area contributed by atoms with Crippen LogP contribution < -0.4 is 0 Å². The molecule has 0 atom stereocenters. The van der Waals surface area contributed by atoms with Crippen molar-refractivity contribution in [1.29, 1.82) is 5.26 Å². The van der Waals surface area contributed by atoms with Gasteiger partial charge in [0.25, 0.3) is 0 Å². The van der Waals surface area contributed by atoms with Gasteiger partial charge in [-0.1, -0.05) is 12.5 Å². The molecule has 0 aromatic carbocycles. The first-order valence-corrected chi connectivity index (χ1v) is 9.13. The number of aromatic nitrogens is 3. The lowest BCUT2D eigenvalue weighted by atomic mass is 10.2. The summed E-state index contributed by atoms with van der Waals surface area (Å²) < 4.78 is 47.0. The number of nitrogens with zero attached hydrogens (tertiary/aromatic N) is 4. The second kappa shape index (κ2) is 7.92. The highest BCUT2D eigenvalue weighted by Crippen LogP contribution is 2.33. The van der Waals surface area contributed by atoms with Crippen molar-refractivity contribution in [2.45, 2.75) is 38.4 Å². The van der Waals surface area contributed by atoms with Crippen molar-refractivity contribution in [3.63, 3.8) is 0 Å². The van der Waals surface area contributed by atoms with Gasteiger partial charge in [-0.3, -0.25) is 4.79 Å². The summed E-state index contributed by atoms with van der Waals surface area (Å²) >= 11 is 1.10. The summed E-state index contributed by atoms with van der Waals surface area (Å²) in [4.78, 5) is 12.3. The van der Waals surface area contributed by atoms with Gasteiger partial charge >= 0.3 is 6.18 Å². The Morgan fingerprint density at radius 2 is 2.15 bits per heavy atom. The summed E-state index contributed by atoms with van der Waals surface area (Å²) in [5.41, 5.74) is -0.762. The van der Waals surface area contributed by atoms with Gasteiger partial charge in [0, 0.05) is 13.0 Å². The minimum Gasteiger partial charge on any atom is -0.479 e. The van der Waals surface area contributed by atoms with Crippen molar-refractivity contribution in [1.82, 2.24) is 14.8 Å². The van der Waals surface area contributed by atoms with Crippen molar-refractivity contribution >= 4 is 22.7 Å². The van der Waals surface area contributed by atoms with Gasteiger partial charge in [-0.05, 0) is 24.3 Å². The van der Waals surface area contributed by atoms with E-state index in [2.05, 4.69) is 10.2 Å². The van der Waals surface area contributed by atoms with E-state index in [-0.39, 0.29) is 10.7 Å². The van der Waals surface area contributed by atoms with Crippen LogP contribution >= 0.6 is 11.3 Å². The van der Waals surface area contributed by atoms with Gasteiger partial charge in [0.05, 0.1) is 4.88 Å². The van der Waals surface area contributed by atoms with Crippen LogP contribution in [0.1, 0.15) is 40.6 Å². The summed E-state index contributed by atoms with van der Waals surface area (Å²) in [6, 6.07) is 4.66. The first-order valence-electron chi connectivity index (χ1n) is 8.25. The largest absolute Gasteiger partial charge is 0.479 e. The number of hydrogen-bond acceptors (Lipinski definition) is 6.